The molecule has 1 N–H and O–H groups in total. The molecule has 5 nitrogen and oxygen atoms in total. The summed E-state index contributed by atoms with van der Waals surface area (Å²) in [6.07, 6.45) is 0. The van der Waals surface area contributed by atoms with Crippen LogP contribution < -0.4 is 15.1 Å². The van der Waals surface area contributed by atoms with Crippen molar-refractivity contribution in [1.82, 2.24) is 0 Å². The van der Waals surface area contributed by atoms with Gasteiger partial charge in [0.25, 0.3) is 11.8 Å². The van der Waals surface area contributed by atoms with Gasteiger partial charge in [-0.15, -0.1) is 0 Å². The van der Waals surface area contributed by atoms with E-state index in [1.165, 1.54) is 15.9 Å². The lowest BCUT2D eigenvalue weighted by Crippen LogP contribution is -2.63. The van der Waals surface area contributed by atoms with Crippen molar-refractivity contribution in [1.29, 1.82) is 0 Å². The zero-order valence-corrected chi connectivity index (χ0v) is 19.2. The molecule has 0 saturated heterocycles. The smallest absolute Gasteiger partial charge is 0.279 e. The van der Waals surface area contributed by atoms with Crippen LogP contribution in [-0.4, -0.2) is 11.8 Å². The Bertz CT molecular complexity index is 1490. The van der Waals surface area contributed by atoms with Gasteiger partial charge >= 0.3 is 0 Å². The molecule has 2 aliphatic rings. The molecule has 1 atom stereocenters. The van der Waals surface area contributed by atoms with Gasteiger partial charge in [0.2, 0.25) is 5.66 Å². The first-order chi connectivity index (χ1) is 17.0. The highest BCUT2D eigenvalue weighted by molar-refractivity contribution is 6.30. The summed E-state index contributed by atoms with van der Waals surface area (Å²) in [4.78, 5) is 31.4. The second-order valence-corrected chi connectivity index (χ2v) is 8.93. The normalized spacial score (nSPS) is 18.5. The van der Waals surface area contributed by atoms with Crippen molar-refractivity contribution in [2.45, 2.75) is 12.2 Å². The highest BCUT2D eigenvalue weighted by Crippen LogP contribution is 2.50. The lowest BCUT2D eigenvalue weighted by Gasteiger charge is -2.45. The number of para-hydroxylation sites is 2. The molecule has 4 aromatic carbocycles. The van der Waals surface area contributed by atoms with Gasteiger partial charge in [-0.2, -0.15) is 0 Å². The Hall–Kier alpha value is -4.16. The molecule has 35 heavy (non-hydrogen) atoms. The van der Waals surface area contributed by atoms with Crippen molar-refractivity contribution in [3.8, 4) is 0 Å². The summed E-state index contributed by atoms with van der Waals surface area (Å²) in [6, 6.07) is 27.6. The predicted octanol–water partition coefficient (Wildman–Crippen LogP) is 5.95. The van der Waals surface area contributed by atoms with Gasteiger partial charge in [-0.1, -0.05) is 60.1 Å². The van der Waals surface area contributed by atoms with E-state index >= 15 is 0 Å². The third kappa shape index (κ3) is 3.14. The van der Waals surface area contributed by atoms with Crippen LogP contribution in [0.5, 0.6) is 0 Å². The van der Waals surface area contributed by atoms with Gasteiger partial charge in [0.1, 0.15) is 5.82 Å². The van der Waals surface area contributed by atoms with Crippen molar-refractivity contribution < 1.29 is 14.0 Å². The van der Waals surface area contributed by atoms with Crippen molar-refractivity contribution in [3.05, 3.63) is 125 Å². The Labute approximate surface area is 206 Å². The van der Waals surface area contributed by atoms with Gasteiger partial charge in [0.15, 0.2) is 0 Å². The van der Waals surface area contributed by atoms with Crippen LogP contribution in [0.2, 0.25) is 5.02 Å². The second kappa shape index (κ2) is 7.96. The first-order valence-corrected chi connectivity index (χ1v) is 11.5. The average molecular weight is 484 g/mol. The number of hydrogen-bond donors (Lipinski definition) is 1. The SMILES string of the molecule is O=C1c2ccccc2N[C@@]2(C(=O)N(Cc3ccccc3F)c3ccccc32)N1c1ccc(Cl)cc1. The van der Waals surface area contributed by atoms with E-state index in [1.807, 2.05) is 30.3 Å². The lowest BCUT2D eigenvalue weighted by molar-refractivity contribution is -0.122. The van der Waals surface area contributed by atoms with Crippen LogP contribution in [0.4, 0.5) is 21.5 Å². The molecule has 0 aromatic heterocycles. The van der Waals surface area contributed by atoms with Crippen molar-refractivity contribution in [2.24, 2.45) is 0 Å². The summed E-state index contributed by atoms with van der Waals surface area (Å²) in [6.45, 7) is 0.0241. The van der Waals surface area contributed by atoms with Crippen molar-refractivity contribution in [2.75, 3.05) is 15.1 Å². The molecule has 0 radical (unpaired) electrons. The molecular formula is C28H19ClFN3O2. The van der Waals surface area contributed by atoms with Crippen LogP contribution in [0.15, 0.2) is 97.1 Å². The summed E-state index contributed by atoms with van der Waals surface area (Å²) < 4.78 is 14.6. The van der Waals surface area contributed by atoms with E-state index in [4.69, 9.17) is 11.6 Å². The quantitative estimate of drug-likeness (QED) is 0.391. The van der Waals surface area contributed by atoms with Gasteiger partial charge in [-0.05, 0) is 48.5 Å². The summed E-state index contributed by atoms with van der Waals surface area (Å²) in [5.41, 5.74) is 1.56. The fraction of sp³-hybridized carbons (Fsp3) is 0.0714. The highest BCUT2D eigenvalue weighted by atomic mass is 35.5. The maximum atomic E-state index is 14.6. The third-order valence-electron chi connectivity index (χ3n) is 6.52. The number of nitrogens with one attached hydrogen (secondary N) is 1. The second-order valence-electron chi connectivity index (χ2n) is 8.50. The van der Waals surface area contributed by atoms with E-state index < -0.39 is 11.5 Å². The first kappa shape index (κ1) is 21.4. The molecule has 6 rings (SSSR count). The number of nitrogens with zero attached hydrogens (tertiary/aromatic N) is 2. The van der Waals surface area contributed by atoms with Crippen LogP contribution >= 0.6 is 11.6 Å². The van der Waals surface area contributed by atoms with E-state index in [2.05, 4.69) is 5.32 Å². The molecule has 0 aliphatic carbocycles. The Kier molecular flexibility index (Phi) is 4.86. The molecule has 2 amide bonds. The molecule has 2 aliphatic heterocycles. The maximum Gasteiger partial charge on any atom is 0.279 e. The van der Waals surface area contributed by atoms with E-state index in [0.29, 0.717) is 38.8 Å². The van der Waals surface area contributed by atoms with Crippen molar-refractivity contribution in [3.63, 3.8) is 0 Å². The van der Waals surface area contributed by atoms with Gasteiger partial charge < -0.3 is 10.2 Å². The van der Waals surface area contributed by atoms with Crippen LogP contribution in [0, 0.1) is 5.82 Å². The molecule has 0 fully saturated rings. The molecular weight excluding hydrogens is 465 g/mol. The minimum Gasteiger partial charge on any atom is -0.350 e. The van der Waals surface area contributed by atoms with Crippen LogP contribution in [-0.2, 0) is 17.0 Å². The molecule has 172 valence electrons. The summed E-state index contributed by atoms with van der Waals surface area (Å²) in [5.74, 6) is -1.09. The Morgan fingerprint density at radius 2 is 1.51 bits per heavy atom. The maximum absolute atomic E-state index is 14.6. The predicted molar refractivity (Wildman–Crippen MR) is 134 cm³/mol. The first-order valence-electron chi connectivity index (χ1n) is 11.1. The molecule has 7 heteroatoms. The molecule has 0 bridgehead atoms. The van der Waals surface area contributed by atoms with E-state index in [9.17, 15) is 14.0 Å². The Morgan fingerprint density at radius 3 is 2.31 bits per heavy atom. The number of fused-ring (bicyclic) bond motifs is 3. The number of amides is 2. The number of carbonyl (C=O) groups excluding carboxylic acids is 2. The van der Waals surface area contributed by atoms with Gasteiger partial charge in [0, 0.05) is 27.5 Å². The topological polar surface area (TPSA) is 52.7 Å². The summed E-state index contributed by atoms with van der Waals surface area (Å²) in [7, 11) is 0. The lowest BCUT2D eigenvalue weighted by atomic mass is 9.92. The number of hydrogen-bond acceptors (Lipinski definition) is 3. The van der Waals surface area contributed by atoms with Crippen LogP contribution in [0.25, 0.3) is 0 Å². The highest BCUT2D eigenvalue weighted by Gasteiger charge is 2.59. The van der Waals surface area contributed by atoms with E-state index in [-0.39, 0.29) is 18.4 Å². The number of benzene rings is 4. The summed E-state index contributed by atoms with van der Waals surface area (Å²) in [5, 5.41) is 3.90. The zero-order valence-electron chi connectivity index (χ0n) is 18.4. The average Bonchev–Trinajstić information content (AvgIpc) is 3.10. The zero-order chi connectivity index (χ0) is 24.2. The fourth-order valence-corrected chi connectivity index (χ4v) is 5.05. The number of halogens is 2. The number of anilines is 3. The van der Waals surface area contributed by atoms with E-state index in [1.54, 1.807) is 60.7 Å². The van der Waals surface area contributed by atoms with Gasteiger partial charge in [0.05, 0.1) is 17.8 Å². The molecule has 4 aromatic rings. The van der Waals surface area contributed by atoms with Crippen LogP contribution in [0.3, 0.4) is 0 Å². The number of carbonyl (C=O) groups is 2. The largest absolute Gasteiger partial charge is 0.350 e. The van der Waals surface area contributed by atoms with Crippen molar-refractivity contribution >= 4 is 40.5 Å². The molecule has 0 saturated carbocycles. The van der Waals surface area contributed by atoms with Gasteiger partial charge in [-0.3, -0.25) is 14.5 Å². The van der Waals surface area contributed by atoms with Gasteiger partial charge in [-0.25, -0.2) is 4.39 Å². The van der Waals surface area contributed by atoms with E-state index in [0.717, 1.165) is 0 Å². The van der Waals surface area contributed by atoms with Crippen LogP contribution in [0.1, 0.15) is 21.5 Å². The third-order valence-corrected chi connectivity index (χ3v) is 6.77. The monoisotopic (exact) mass is 483 g/mol. The Balaban J connectivity index is 1.58. The number of rotatable bonds is 3. The Morgan fingerprint density at radius 1 is 0.829 bits per heavy atom. The minimum absolute atomic E-state index is 0.0241. The standard InChI is InChI=1S/C28H19ClFN3O2/c29-19-13-15-20(16-14-19)33-26(34)21-8-2-5-11-24(21)31-28(33)22-9-3-6-12-25(22)32(27(28)35)17-18-7-1-4-10-23(18)30/h1-16,31H,17H2/t28-/m1/s1. The fourth-order valence-electron chi connectivity index (χ4n) is 4.93. The molecule has 1 spiro atoms. The molecule has 2 heterocycles. The molecule has 0 unspecified atom stereocenters. The summed E-state index contributed by atoms with van der Waals surface area (Å²) >= 11 is 6.13. The minimum atomic E-state index is -1.55.